The van der Waals surface area contributed by atoms with Crippen LogP contribution in [0.3, 0.4) is 0 Å². The fourth-order valence-electron chi connectivity index (χ4n) is 2.14. The molecule has 112 valence electrons. The van der Waals surface area contributed by atoms with E-state index in [0.717, 1.165) is 17.7 Å². The summed E-state index contributed by atoms with van der Waals surface area (Å²) < 4.78 is 5.13. The Balaban J connectivity index is 2.67. The van der Waals surface area contributed by atoms with Crippen LogP contribution in [0, 0.1) is 5.92 Å². The molecule has 20 heavy (non-hydrogen) atoms. The van der Waals surface area contributed by atoms with Gasteiger partial charge in [0.05, 0.1) is 13.2 Å². The lowest BCUT2D eigenvalue weighted by Gasteiger charge is -2.25. The van der Waals surface area contributed by atoms with Crippen LogP contribution >= 0.6 is 0 Å². The summed E-state index contributed by atoms with van der Waals surface area (Å²) in [6.07, 6.45) is 0.720. The highest BCUT2D eigenvalue weighted by Crippen LogP contribution is 2.14. The Labute approximate surface area is 121 Å². The lowest BCUT2D eigenvalue weighted by Crippen LogP contribution is -2.43. The molecule has 0 aliphatic rings. The predicted molar refractivity (Wildman–Crippen MR) is 81.5 cm³/mol. The van der Waals surface area contributed by atoms with E-state index in [1.54, 1.807) is 12.0 Å². The number of carbonyl (C=O) groups is 1. The van der Waals surface area contributed by atoms with Gasteiger partial charge in [-0.3, -0.25) is 4.79 Å². The minimum Gasteiger partial charge on any atom is -0.497 e. The second-order valence-corrected chi connectivity index (χ2v) is 5.44. The molecular formula is C16H26N2O2. The molecule has 1 amide bonds. The quantitative estimate of drug-likeness (QED) is 0.833. The highest BCUT2D eigenvalue weighted by Gasteiger charge is 2.20. The smallest absolute Gasteiger partial charge is 0.239 e. The van der Waals surface area contributed by atoms with Gasteiger partial charge in [0.15, 0.2) is 0 Å². The molecule has 0 aromatic heterocycles. The molecule has 2 N–H and O–H groups in total. The summed E-state index contributed by atoms with van der Waals surface area (Å²) in [7, 11) is 1.64. The van der Waals surface area contributed by atoms with Gasteiger partial charge in [0.2, 0.25) is 5.91 Å². The molecule has 0 radical (unpaired) electrons. The third-order valence-electron chi connectivity index (χ3n) is 3.27. The van der Waals surface area contributed by atoms with Gasteiger partial charge in [0.25, 0.3) is 0 Å². The zero-order valence-electron chi connectivity index (χ0n) is 12.9. The molecule has 0 saturated carbocycles. The summed E-state index contributed by atoms with van der Waals surface area (Å²) in [5.74, 6) is 1.27. The molecule has 1 rings (SSSR count). The fraction of sp³-hybridized carbons (Fsp3) is 0.562. The molecule has 4 nitrogen and oxygen atoms in total. The molecule has 1 aromatic carbocycles. The van der Waals surface area contributed by atoms with Crippen molar-refractivity contribution in [2.75, 3.05) is 13.7 Å². The van der Waals surface area contributed by atoms with Gasteiger partial charge in [-0.05, 0) is 37.0 Å². The molecule has 0 saturated heterocycles. The number of rotatable bonds is 7. The maximum Gasteiger partial charge on any atom is 0.239 e. The van der Waals surface area contributed by atoms with Gasteiger partial charge in [-0.25, -0.2) is 0 Å². The summed E-state index contributed by atoms with van der Waals surface area (Å²) in [6.45, 7) is 7.38. The monoisotopic (exact) mass is 278 g/mol. The van der Waals surface area contributed by atoms with Crippen LogP contribution in [0.2, 0.25) is 0 Å². The van der Waals surface area contributed by atoms with E-state index in [-0.39, 0.29) is 5.91 Å². The number of nitrogens with zero attached hydrogens (tertiary/aromatic N) is 1. The Morgan fingerprint density at radius 1 is 1.30 bits per heavy atom. The fourth-order valence-corrected chi connectivity index (χ4v) is 2.14. The van der Waals surface area contributed by atoms with Crippen molar-refractivity contribution in [2.24, 2.45) is 11.7 Å². The van der Waals surface area contributed by atoms with Crippen LogP contribution in [0.25, 0.3) is 0 Å². The molecule has 0 aliphatic carbocycles. The standard InChI is InChI=1S/C16H26N2O2/c1-5-18(16(19)15(17)10-12(2)3)11-13-6-8-14(20-4)9-7-13/h6-9,12,15H,5,10-11,17H2,1-4H3. The van der Waals surface area contributed by atoms with E-state index in [1.807, 2.05) is 31.2 Å². The van der Waals surface area contributed by atoms with Gasteiger partial charge in [-0.1, -0.05) is 26.0 Å². The van der Waals surface area contributed by atoms with Gasteiger partial charge in [0.1, 0.15) is 5.75 Å². The second kappa shape index (κ2) is 7.90. The summed E-state index contributed by atoms with van der Waals surface area (Å²) in [5.41, 5.74) is 7.06. The molecule has 4 heteroatoms. The van der Waals surface area contributed by atoms with Gasteiger partial charge >= 0.3 is 0 Å². The average molecular weight is 278 g/mol. The summed E-state index contributed by atoms with van der Waals surface area (Å²) in [6, 6.07) is 7.35. The predicted octanol–water partition coefficient (Wildman–Crippen LogP) is 2.42. The van der Waals surface area contributed by atoms with Crippen molar-refractivity contribution >= 4 is 5.91 Å². The van der Waals surface area contributed by atoms with Crippen molar-refractivity contribution in [1.82, 2.24) is 4.90 Å². The molecule has 1 aromatic rings. The highest BCUT2D eigenvalue weighted by atomic mass is 16.5. The molecule has 0 bridgehead atoms. The summed E-state index contributed by atoms with van der Waals surface area (Å²) in [5, 5.41) is 0. The van der Waals surface area contributed by atoms with Crippen LogP contribution in [0.15, 0.2) is 24.3 Å². The maximum absolute atomic E-state index is 12.3. The first-order valence-electron chi connectivity index (χ1n) is 7.15. The first-order valence-corrected chi connectivity index (χ1v) is 7.15. The number of methoxy groups -OCH3 is 1. The van der Waals surface area contributed by atoms with Crippen LogP contribution in [0.5, 0.6) is 5.75 Å². The zero-order valence-corrected chi connectivity index (χ0v) is 12.9. The molecule has 0 spiro atoms. The van der Waals surface area contributed by atoms with Crippen LogP contribution in [0.1, 0.15) is 32.8 Å². The molecule has 0 fully saturated rings. The van der Waals surface area contributed by atoms with Gasteiger partial charge in [0, 0.05) is 13.1 Å². The van der Waals surface area contributed by atoms with Crippen LogP contribution < -0.4 is 10.5 Å². The van der Waals surface area contributed by atoms with Gasteiger partial charge in [-0.15, -0.1) is 0 Å². The van der Waals surface area contributed by atoms with Crippen molar-refractivity contribution < 1.29 is 9.53 Å². The Morgan fingerprint density at radius 3 is 2.35 bits per heavy atom. The molecule has 0 heterocycles. The number of benzene rings is 1. The number of hydrogen-bond acceptors (Lipinski definition) is 3. The topological polar surface area (TPSA) is 55.6 Å². The van der Waals surface area contributed by atoms with E-state index in [0.29, 0.717) is 19.0 Å². The van der Waals surface area contributed by atoms with Crippen molar-refractivity contribution in [2.45, 2.75) is 39.8 Å². The van der Waals surface area contributed by atoms with E-state index in [9.17, 15) is 4.79 Å². The lowest BCUT2D eigenvalue weighted by molar-refractivity contribution is -0.133. The van der Waals surface area contributed by atoms with Crippen molar-refractivity contribution in [1.29, 1.82) is 0 Å². The van der Waals surface area contributed by atoms with E-state index < -0.39 is 6.04 Å². The Hall–Kier alpha value is -1.55. The minimum absolute atomic E-state index is 0.0250. The number of nitrogens with two attached hydrogens (primary N) is 1. The first kappa shape index (κ1) is 16.5. The van der Waals surface area contributed by atoms with Crippen LogP contribution in [-0.4, -0.2) is 30.5 Å². The van der Waals surface area contributed by atoms with Crippen LogP contribution in [0.4, 0.5) is 0 Å². The van der Waals surface area contributed by atoms with Crippen molar-refractivity contribution in [3.8, 4) is 5.75 Å². The summed E-state index contributed by atoms with van der Waals surface area (Å²) >= 11 is 0. The summed E-state index contributed by atoms with van der Waals surface area (Å²) in [4.78, 5) is 14.1. The number of amides is 1. The molecular weight excluding hydrogens is 252 g/mol. The van der Waals surface area contributed by atoms with Crippen LogP contribution in [-0.2, 0) is 11.3 Å². The average Bonchev–Trinajstić information content (AvgIpc) is 2.44. The normalized spacial score (nSPS) is 12.3. The third kappa shape index (κ3) is 4.85. The highest BCUT2D eigenvalue weighted by molar-refractivity contribution is 5.81. The Kier molecular flexibility index (Phi) is 6.52. The first-order chi connectivity index (χ1) is 9.47. The SMILES string of the molecule is CCN(Cc1ccc(OC)cc1)C(=O)C(N)CC(C)C. The molecule has 1 atom stereocenters. The molecule has 1 unspecified atom stereocenters. The largest absolute Gasteiger partial charge is 0.497 e. The van der Waals surface area contributed by atoms with Gasteiger partial charge < -0.3 is 15.4 Å². The Bertz CT molecular complexity index is 415. The van der Waals surface area contributed by atoms with E-state index in [4.69, 9.17) is 10.5 Å². The minimum atomic E-state index is -0.409. The van der Waals surface area contributed by atoms with Crippen molar-refractivity contribution in [3.05, 3.63) is 29.8 Å². The lowest BCUT2D eigenvalue weighted by atomic mass is 10.0. The maximum atomic E-state index is 12.3. The van der Waals surface area contributed by atoms with Gasteiger partial charge in [-0.2, -0.15) is 0 Å². The molecule has 0 aliphatic heterocycles. The number of carbonyl (C=O) groups excluding carboxylic acids is 1. The third-order valence-corrected chi connectivity index (χ3v) is 3.27. The van der Waals surface area contributed by atoms with E-state index >= 15 is 0 Å². The Morgan fingerprint density at radius 2 is 1.90 bits per heavy atom. The number of ether oxygens (including phenoxy) is 1. The van der Waals surface area contributed by atoms with E-state index in [1.165, 1.54) is 0 Å². The van der Waals surface area contributed by atoms with Crippen molar-refractivity contribution in [3.63, 3.8) is 0 Å². The zero-order chi connectivity index (χ0) is 15.1. The second-order valence-electron chi connectivity index (χ2n) is 5.44. The number of hydrogen-bond donors (Lipinski definition) is 1. The van der Waals surface area contributed by atoms with E-state index in [2.05, 4.69) is 13.8 Å². The number of likely N-dealkylation sites (N-methyl/N-ethyl adjacent to an activating group) is 1.